The topological polar surface area (TPSA) is 26.3 Å². The summed E-state index contributed by atoms with van der Waals surface area (Å²) < 4.78 is 5.66. The predicted octanol–water partition coefficient (Wildman–Crippen LogP) is 3.92. The molecule has 19 heavy (non-hydrogen) atoms. The molecule has 1 aliphatic carbocycles. The summed E-state index contributed by atoms with van der Waals surface area (Å²) in [5.41, 5.74) is 4.01. The Morgan fingerprint density at radius 1 is 1.42 bits per heavy atom. The van der Waals surface area contributed by atoms with Crippen LogP contribution in [0.1, 0.15) is 49.8 Å². The van der Waals surface area contributed by atoms with E-state index in [2.05, 4.69) is 31.7 Å². The minimum Gasteiger partial charge on any atom is -0.456 e. The van der Waals surface area contributed by atoms with E-state index in [9.17, 15) is 4.79 Å². The molecule has 0 heterocycles. The minimum absolute atomic E-state index is 0.270. The van der Waals surface area contributed by atoms with E-state index in [-0.39, 0.29) is 11.9 Å². The summed E-state index contributed by atoms with van der Waals surface area (Å²) in [7, 11) is 0. The van der Waals surface area contributed by atoms with E-state index in [0.717, 1.165) is 12.8 Å². The lowest BCUT2D eigenvalue weighted by Crippen LogP contribution is -2.34. The Bertz CT molecular complexity index is 526. The summed E-state index contributed by atoms with van der Waals surface area (Å²) in [6.45, 7) is 11.5. The van der Waals surface area contributed by atoms with E-state index in [4.69, 9.17) is 4.74 Å². The molecule has 0 aliphatic heterocycles. The van der Waals surface area contributed by atoms with Crippen molar-refractivity contribution in [2.24, 2.45) is 0 Å². The molecule has 0 bridgehead atoms. The van der Waals surface area contributed by atoms with Crippen molar-refractivity contribution in [1.82, 2.24) is 0 Å². The number of rotatable bonds is 3. The lowest BCUT2D eigenvalue weighted by Gasteiger charge is -2.33. The fraction of sp³-hybridized carbons (Fsp3) is 0.471. The molecule has 1 atom stereocenters. The first-order chi connectivity index (χ1) is 8.83. The van der Waals surface area contributed by atoms with E-state index in [1.54, 1.807) is 6.92 Å². The maximum Gasteiger partial charge on any atom is 0.333 e. The largest absolute Gasteiger partial charge is 0.456 e. The average molecular weight is 258 g/mol. The van der Waals surface area contributed by atoms with Gasteiger partial charge in [0.25, 0.3) is 0 Å². The van der Waals surface area contributed by atoms with Gasteiger partial charge in [-0.2, -0.15) is 0 Å². The van der Waals surface area contributed by atoms with Crippen molar-refractivity contribution < 1.29 is 9.53 Å². The summed E-state index contributed by atoms with van der Waals surface area (Å²) in [4.78, 5) is 11.8. The number of aryl methyl sites for hydroxylation is 2. The van der Waals surface area contributed by atoms with Crippen LogP contribution in [0.3, 0.4) is 0 Å². The van der Waals surface area contributed by atoms with Crippen molar-refractivity contribution in [1.29, 1.82) is 0 Å². The zero-order chi connectivity index (χ0) is 14.2. The highest BCUT2D eigenvalue weighted by atomic mass is 16.6. The highest BCUT2D eigenvalue weighted by Gasteiger charge is 2.39. The van der Waals surface area contributed by atoms with Crippen LogP contribution in [-0.2, 0) is 16.0 Å². The Hall–Kier alpha value is -1.57. The van der Waals surface area contributed by atoms with Crippen molar-refractivity contribution in [3.05, 3.63) is 47.0 Å². The normalized spacial score (nSPS) is 18.0. The van der Waals surface area contributed by atoms with Gasteiger partial charge in [-0.25, -0.2) is 4.79 Å². The molecule has 0 radical (unpaired) electrons. The monoisotopic (exact) mass is 258 g/mol. The van der Waals surface area contributed by atoms with E-state index in [0.29, 0.717) is 5.57 Å². The fourth-order valence-corrected chi connectivity index (χ4v) is 2.99. The van der Waals surface area contributed by atoms with Crippen molar-refractivity contribution in [3.8, 4) is 0 Å². The quantitative estimate of drug-likeness (QED) is 0.606. The van der Waals surface area contributed by atoms with Crippen molar-refractivity contribution in [3.63, 3.8) is 0 Å². The van der Waals surface area contributed by atoms with Gasteiger partial charge in [0, 0.05) is 11.5 Å². The zero-order valence-electron chi connectivity index (χ0n) is 12.2. The third kappa shape index (κ3) is 2.58. The summed E-state index contributed by atoms with van der Waals surface area (Å²) in [5, 5.41) is 0. The molecule has 0 spiro atoms. The van der Waals surface area contributed by atoms with Gasteiger partial charge in [0.15, 0.2) is 0 Å². The number of carbonyl (C=O) groups excluding carboxylic acids is 1. The minimum atomic E-state index is -0.493. The number of hydrogen-bond donors (Lipinski definition) is 0. The number of carbonyl (C=O) groups is 1. The highest BCUT2D eigenvalue weighted by Crippen LogP contribution is 2.43. The van der Waals surface area contributed by atoms with Gasteiger partial charge in [-0.3, -0.25) is 0 Å². The summed E-state index contributed by atoms with van der Waals surface area (Å²) in [6, 6.07) is 6.41. The molecule has 2 rings (SSSR count). The van der Waals surface area contributed by atoms with Crippen LogP contribution in [0.2, 0.25) is 0 Å². The fourth-order valence-electron chi connectivity index (χ4n) is 2.99. The van der Waals surface area contributed by atoms with E-state index in [1.165, 1.54) is 16.7 Å². The van der Waals surface area contributed by atoms with Gasteiger partial charge in [-0.15, -0.1) is 0 Å². The summed E-state index contributed by atoms with van der Waals surface area (Å²) in [6.07, 6.45) is 2.10. The van der Waals surface area contributed by atoms with Crippen LogP contribution in [0.15, 0.2) is 30.4 Å². The second kappa shape index (κ2) is 4.84. The standard InChI is InChI=1S/C17H22O2/c1-11(2)16(18)19-17(4,5)14-10-9-13-8-6-7-12(3)15(13)14/h6-8,14H,1,9-10H2,2-5H3. The first kappa shape index (κ1) is 13.9. The molecule has 0 saturated heterocycles. The number of hydrogen-bond acceptors (Lipinski definition) is 2. The lowest BCUT2D eigenvalue weighted by atomic mass is 9.83. The summed E-state index contributed by atoms with van der Waals surface area (Å²) in [5.74, 6) is -0.0287. The van der Waals surface area contributed by atoms with Gasteiger partial charge in [-0.1, -0.05) is 24.8 Å². The lowest BCUT2D eigenvalue weighted by molar-refractivity contribution is -0.153. The molecule has 1 aromatic rings. The third-order valence-electron chi connectivity index (χ3n) is 4.01. The second-order valence-electron chi connectivity index (χ2n) is 6.01. The first-order valence-electron chi connectivity index (χ1n) is 6.80. The average Bonchev–Trinajstić information content (AvgIpc) is 2.74. The number of ether oxygens (including phenoxy) is 1. The van der Waals surface area contributed by atoms with Gasteiger partial charge >= 0.3 is 5.97 Å². The van der Waals surface area contributed by atoms with Gasteiger partial charge in [0.2, 0.25) is 0 Å². The molecule has 2 nitrogen and oxygen atoms in total. The molecule has 0 amide bonds. The van der Waals surface area contributed by atoms with Crippen LogP contribution >= 0.6 is 0 Å². The molecule has 0 saturated carbocycles. The van der Waals surface area contributed by atoms with E-state index in [1.807, 2.05) is 13.8 Å². The van der Waals surface area contributed by atoms with E-state index < -0.39 is 5.60 Å². The Morgan fingerprint density at radius 2 is 2.11 bits per heavy atom. The summed E-state index contributed by atoms with van der Waals surface area (Å²) >= 11 is 0. The second-order valence-corrected chi connectivity index (χ2v) is 6.01. The van der Waals surface area contributed by atoms with Crippen LogP contribution in [0.4, 0.5) is 0 Å². The molecule has 0 N–H and O–H groups in total. The Balaban J connectivity index is 2.30. The van der Waals surface area contributed by atoms with Crippen molar-refractivity contribution in [2.75, 3.05) is 0 Å². The predicted molar refractivity (Wildman–Crippen MR) is 77.2 cm³/mol. The van der Waals surface area contributed by atoms with Crippen LogP contribution in [0.5, 0.6) is 0 Å². The smallest absolute Gasteiger partial charge is 0.333 e. The molecule has 2 heteroatoms. The molecule has 1 aliphatic rings. The van der Waals surface area contributed by atoms with Crippen LogP contribution < -0.4 is 0 Å². The maximum absolute atomic E-state index is 11.8. The van der Waals surface area contributed by atoms with Gasteiger partial charge < -0.3 is 4.74 Å². The SMILES string of the molecule is C=C(C)C(=O)OC(C)(C)C1CCc2cccc(C)c21. The van der Waals surface area contributed by atoms with Crippen LogP contribution in [0, 0.1) is 6.92 Å². The van der Waals surface area contributed by atoms with Crippen molar-refractivity contribution >= 4 is 5.97 Å². The first-order valence-corrected chi connectivity index (χ1v) is 6.80. The van der Waals surface area contributed by atoms with E-state index >= 15 is 0 Å². The maximum atomic E-state index is 11.8. The molecule has 1 aromatic carbocycles. The molecule has 1 unspecified atom stereocenters. The van der Waals surface area contributed by atoms with Crippen LogP contribution in [0.25, 0.3) is 0 Å². The van der Waals surface area contributed by atoms with Crippen molar-refractivity contribution in [2.45, 2.75) is 52.1 Å². The number of fused-ring (bicyclic) bond motifs is 1. The third-order valence-corrected chi connectivity index (χ3v) is 4.01. The van der Waals surface area contributed by atoms with Gasteiger partial charge in [0.05, 0.1) is 0 Å². The number of esters is 1. The Kier molecular flexibility index (Phi) is 3.53. The Labute approximate surface area is 115 Å². The molecule has 102 valence electrons. The highest BCUT2D eigenvalue weighted by molar-refractivity contribution is 5.87. The molecule has 0 fully saturated rings. The molecular formula is C17H22O2. The molecular weight excluding hydrogens is 236 g/mol. The van der Waals surface area contributed by atoms with Gasteiger partial charge in [0.1, 0.15) is 5.60 Å². The number of benzene rings is 1. The van der Waals surface area contributed by atoms with Crippen LogP contribution in [-0.4, -0.2) is 11.6 Å². The Morgan fingerprint density at radius 3 is 2.74 bits per heavy atom. The van der Waals surface area contributed by atoms with Gasteiger partial charge in [-0.05, 0) is 57.2 Å². The molecule has 0 aromatic heterocycles. The zero-order valence-corrected chi connectivity index (χ0v) is 12.2.